The van der Waals surface area contributed by atoms with Crippen LogP contribution in [0.1, 0.15) is 12.8 Å². The van der Waals surface area contributed by atoms with Gasteiger partial charge in [0.15, 0.2) is 6.20 Å². The van der Waals surface area contributed by atoms with E-state index < -0.39 is 10.9 Å². The van der Waals surface area contributed by atoms with Crippen molar-refractivity contribution in [3.8, 4) is 0 Å². The SMILES string of the molecule is O=C(O)CCCN1CCN(c2ccc([N+](=O)[O-])nc2)CC1. The number of carboxylic acids is 1. The third-order valence-corrected chi connectivity index (χ3v) is 3.52. The van der Waals surface area contributed by atoms with Crippen LogP contribution in [-0.2, 0) is 4.79 Å². The largest absolute Gasteiger partial charge is 0.481 e. The van der Waals surface area contributed by atoms with Crippen molar-refractivity contribution in [1.82, 2.24) is 9.88 Å². The fourth-order valence-electron chi connectivity index (χ4n) is 2.36. The van der Waals surface area contributed by atoms with Gasteiger partial charge in [0.25, 0.3) is 0 Å². The van der Waals surface area contributed by atoms with Gasteiger partial charge in [-0.05, 0) is 28.9 Å². The van der Waals surface area contributed by atoms with Crippen molar-refractivity contribution in [3.05, 3.63) is 28.4 Å². The maximum atomic E-state index is 10.6. The molecule has 2 rings (SSSR count). The molecule has 1 N–H and O–H groups in total. The van der Waals surface area contributed by atoms with Gasteiger partial charge in [-0.25, -0.2) is 0 Å². The summed E-state index contributed by atoms with van der Waals surface area (Å²) in [5.74, 6) is -0.906. The summed E-state index contributed by atoms with van der Waals surface area (Å²) < 4.78 is 0. The molecule has 1 aliphatic heterocycles. The van der Waals surface area contributed by atoms with Gasteiger partial charge in [0, 0.05) is 38.7 Å². The van der Waals surface area contributed by atoms with Gasteiger partial charge in [0.05, 0.1) is 5.69 Å². The molecule has 1 fully saturated rings. The number of carboxylic acid groups (broad SMARTS) is 1. The Morgan fingerprint density at radius 2 is 2.05 bits per heavy atom. The van der Waals surface area contributed by atoms with E-state index in [1.807, 2.05) is 0 Å². The van der Waals surface area contributed by atoms with Crippen molar-refractivity contribution in [2.75, 3.05) is 37.6 Å². The molecule has 8 heteroatoms. The normalized spacial score (nSPS) is 15.9. The Morgan fingerprint density at radius 3 is 2.57 bits per heavy atom. The average molecular weight is 294 g/mol. The van der Waals surface area contributed by atoms with Crippen LogP contribution in [0.4, 0.5) is 11.5 Å². The van der Waals surface area contributed by atoms with Gasteiger partial charge in [-0.1, -0.05) is 0 Å². The average Bonchev–Trinajstić information content (AvgIpc) is 2.48. The zero-order chi connectivity index (χ0) is 15.2. The van der Waals surface area contributed by atoms with Crippen LogP contribution in [0.2, 0.25) is 0 Å². The maximum Gasteiger partial charge on any atom is 0.363 e. The Hall–Kier alpha value is -2.22. The highest BCUT2D eigenvalue weighted by molar-refractivity contribution is 5.66. The number of anilines is 1. The highest BCUT2D eigenvalue weighted by atomic mass is 16.6. The summed E-state index contributed by atoms with van der Waals surface area (Å²) in [5, 5.41) is 19.2. The zero-order valence-corrected chi connectivity index (χ0v) is 11.6. The van der Waals surface area contributed by atoms with Gasteiger partial charge in [0.2, 0.25) is 0 Å². The van der Waals surface area contributed by atoms with Crippen LogP contribution in [0.15, 0.2) is 18.3 Å². The molecule has 0 saturated carbocycles. The Labute approximate surface area is 122 Å². The summed E-state index contributed by atoms with van der Waals surface area (Å²) in [4.78, 5) is 28.7. The second-order valence-corrected chi connectivity index (χ2v) is 4.96. The monoisotopic (exact) mass is 294 g/mol. The van der Waals surface area contributed by atoms with Gasteiger partial charge in [0.1, 0.15) is 0 Å². The molecular weight excluding hydrogens is 276 g/mol. The molecule has 0 aromatic carbocycles. The van der Waals surface area contributed by atoms with Crippen molar-refractivity contribution in [1.29, 1.82) is 0 Å². The summed E-state index contributed by atoms with van der Waals surface area (Å²) in [6.45, 7) is 4.13. The number of nitrogens with zero attached hydrogens (tertiary/aromatic N) is 4. The van der Waals surface area contributed by atoms with Crippen LogP contribution in [0.3, 0.4) is 0 Å². The number of hydrogen-bond donors (Lipinski definition) is 1. The quantitative estimate of drug-likeness (QED) is 0.616. The third-order valence-electron chi connectivity index (χ3n) is 3.52. The topological polar surface area (TPSA) is 99.8 Å². The molecule has 1 aliphatic rings. The van der Waals surface area contributed by atoms with Gasteiger partial charge < -0.3 is 20.1 Å². The number of nitro groups is 1. The molecule has 0 unspecified atom stereocenters. The number of carbonyl (C=O) groups is 1. The van der Waals surface area contributed by atoms with E-state index in [2.05, 4.69) is 14.8 Å². The van der Waals surface area contributed by atoms with E-state index >= 15 is 0 Å². The summed E-state index contributed by atoms with van der Waals surface area (Å²) in [5.41, 5.74) is 0.880. The van der Waals surface area contributed by atoms with E-state index in [0.717, 1.165) is 38.4 Å². The lowest BCUT2D eigenvalue weighted by atomic mass is 10.2. The Balaban J connectivity index is 1.80. The minimum Gasteiger partial charge on any atom is -0.481 e. The van der Waals surface area contributed by atoms with E-state index in [0.29, 0.717) is 6.42 Å². The number of pyridine rings is 1. The molecule has 21 heavy (non-hydrogen) atoms. The zero-order valence-electron chi connectivity index (χ0n) is 11.6. The first-order valence-corrected chi connectivity index (χ1v) is 6.86. The van der Waals surface area contributed by atoms with Crippen LogP contribution in [-0.4, -0.2) is 58.6 Å². The molecule has 0 aliphatic carbocycles. The predicted molar refractivity (Wildman–Crippen MR) is 76.4 cm³/mol. The van der Waals surface area contributed by atoms with Gasteiger partial charge in [-0.3, -0.25) is 9.69 Å². The molecule has 114 valence electrons. The highest BCUT2D eigenvalue weighted by Crippen LogP contribution is 2.18. The Morgan fingerprint density at radius 1 is 1.33 bits per heavy atom. The maximum absolute atomic E-state index is 10.6. The molecule has 0 amide bonds. The number of aliphatic carboxylic acids is 1. The second-order valence-electron chi connectivity index (χ2n) is 4.96. The van der Waals surface area contributed by atoms with Crippen LogP contribution in [0.25, 0.3) is 0 Å². The summed E-state index contributed by atoms with van der Waals surface area (Å²) in [6, 6.07) is 3.12. The van der Waals surface area contributed by atoms with Crippen molar-refractivity contribution in [3.63, 3.8) is 0 Å². The minimum absolute atomic E-state index is 0.147. The summed E-state index contributed by atoms with van der Waals surface area (Å²) in [6.07, 6.45) is 2.39. The predicted octanol–water partition coefficient (Wildman–Crippen LogP) is 0.977. The Kier molecular flexibility index (Phi) is 5.04. The highest BCUT2D eigenvalue weighted by Gasteiger charge is 2.18. The lowest BCUT2D eigenvalue weighted by Crippen LogP contribution is -2.46. The van der Waals surface area contributed by atoms with Crippen LogP contribution >= 0.6 is 0 Å². The van der Waals surface area contributed by atoms with Crippen molar-refractivity contribution < 1.29 is 14.8 Å². The Bertz CT molecular complexity index is 497. The van der Waals surface area contributed by atoms with Crippen LogP contribution in [0, 0.1) is 10.1 Å². The van der Waals surface area contributed by atoms with E-state index in [4.69, 9.17) is 5.11 Å². The summed E-state index contributed by atoms with van der Waals surface area (Å²) >= 11 is 0. The standard InChI is InChI=1S/C13H18N4O4/c18-13(19)2-1-5-15-6-8-16(9-7-15)11-3-4-12(14-10-11)17(20)21/h3-4,10H,1-2,5-9H2,(H,18,19). The van der Waals surface area contributed by atoms with Gasteiger partial charge in [-0.2, -0.15) is 0 Å². The van der Waals surface area contributed by atoms with Crippen molar-refractivity contribution in [2.24, 2.45) is 0 Å². The number of hydrogen-bond acceptors (Lipinski definition) is 6. The molecule has 2 heterocycles. The molecule has 0 atom stereocenters. The first-order valence-electron chi connectivity index (χ1n) is 6.86. The number of aromatic nitrogens is 1. The molecule has 1 saturated heterocycles. The lowest BCUT2D eigenvalue weighted by Gasteiger charge is -2.35. The second kappa shape index (κ2) is 6.98. The summed E-state index contributed by atoms with van der Waals surface area (Å²) in [7, 11) is 0. The molecule has 1 aromatic heterocycles. The fourth-order valence-corrected chi connectivity index (χ4v) is 2.36. The minimum atomic E-state index is -0.759. The van der Waals surface area contributed by atoms with Crippen molar-refractivity contribution in [2.45, 2.75) is 12.8 Å². The van der Waals surface area contributed by atoms with Crippen LogP contribution < -0.4 is 4.90 Å². The van der Waals surface area contributed by atoms with E-state index in [-0.39, 0.29) is 12.2 Å². The van der Waals surface area contributed by atoms with E-state index in [9.17, 15) is 14.9 Å². The van der Waals surface area contributed by atoms with E-state index in [1.165, 1.54) is 12.3 Å². The van der Waals surface area contributed by atoms with E-state index in [1.54, 1.807) is 6.07 Å². The molecule has 1 aromatic rings. The lowest BCUT2D eigenvalue weighted by molar-refractivity contribution is -0.389. The molecular formula is C13H18N4O4. The van der Waals surface area contributed by atoms with Crippen molar-refractivity contribution >= 4 is 17.5 Å². The van der Waals surface area contributed by atoms with Crippen LogP contribution in [0.5, 0.6) is 0 Å². The molecule has 0 spiro atoms. The number of rotatable bonds is 6. The first-order chi connectivity index (χ1) is 10.1. The first kappa shape index (κ1) is 15.2. The van der Waals surface area contributed by atoms with Gasteiger partial charge >= 0.3 is 11.8 Å². The number of piperazine rings is 1. The van der Waals surface area contributed by atoms with Gasteiger partial charge in [-0.15, -0.1) is 0 Å². The molecule has 0 radical (unpaired) electrons. The smallest absolute Gasteiger partial charge is 0.363 e. The molecule has 8 nitrogen and oxygen atoms in total. The molecule has 0 bridgehead atoms. The fraction of sp³-hybridized carbons (Fsp3) is 0.538. The third kappa shape index (κ3) is 4.38.